The third-order valence-electron chi connectivity index (χ3n) is 6.71. The second-order valence-electron chi connectivity index (χ2n) is 10.8. The lowest BCUT2D eigenvalue weighted by molar-refractivity contribution is 0.171. The predicted octanol–water partition coefficient (Wildman–Crippen LogP) is 5.59. The standard InChI is InChI=1S/C28H37N7O2/c1-17(2)26-34-33-25-14-11-18(16-35(25)26)37-22-13-12-21(19-9-7-8-10-20(19)22)31-27(36)32-24(30-6)15-23(29)28(3,4)5/h7-11,14,16-17,21-22,29H,12-13,15H2,1-6H3,(H2,30,31,32,36). The van der Waals surface area contributed by atoms with Gasteiger partial charge in [0, 0.05) is 25.1 Å². The summed E-state index contributed by atoms with van der Waals surface area (Å²) in [6, 6.07) is 11.5. The lowest BCUT2D eigenvalue weighted by Gasteiger charge is -2.32. The Balaban J connectivity index is 1.46. The lowest BCUT2D eigenvalue weighted by atomic mass is 9.85. The van der Waals surface area contributed by atoms with Crippen LogP contribution in [0.2, 0.25) is 0 Å². The molecule has 0 spiro atoms. The molecule has 1 aliphatic carbocycles. The molecule has 4 rings (SSSR count). The van der Waals surface area contributed by atoms with Crippen molar-refractivity contribution in [1.82, 2.24) is 25.2 Å². The molecule has 2 aromatic heterocycles. The zero-order chi connectivity index (χ0) is 26.7. The van der Waals surface area contributed by atoms with Crippen molar-refractivity contribution < 1.29 is 9.53 Å². The molecule has 1 aliphatic rings. The van der Waals surface area contributed by atoms with Crippen LogP contribution in [0.4, 0.5) is 4.79 Å². The fourth-order valence-corrected chi connectivity index (χ4v) is 4.48. The zero-order valence-electron chi connectivity index (χ0n) is 22.5. The fourth-order valence-electron chi connectivity index (χ4n) is 4.48. The molecule has 0 aliphatic heterocycles. The largest absolute Gasteiger partial charge is 0.484 e. The van der Waals surface area contributed by atoms with E-state index in [4.69, 9.17) is 10.1 Å². The van der Waals surface area contributed by atoms with E-state index in [9.17, 15) is 4.79 Å². The van der Waals surface area contributed by atoms with Crippen molar-refractivity contribution in [3.05, 3.63) is 59.5 Å². The minimum absolute atomic E-state index is 0.131. The van der Waals surface area contributed by atoms with Gasteiger partial charge in [0.25, 0.3) is 0 Å². The molecule has 0 fully saturated rings. The number of hydrogen-bond donors (Lipinski definition) is 3. The molecule has 1 aromatic carbocycles. The van der Waals surface area contributed by atoms with Gasteiger partial charge in [0.05, 0.1) is 12.2 Å². The van der Waals surface area contributed by atoms with Gasteiger partial charge >= 0.3 is 6.03 Å². The van der Waals surface area contributed by atoms with Gasteiger partial charge in [-0.25, -0.2) is 4.79 Å². The quantitative estimate of drug-likeness (QED) is 0.300. The van der Waals surface area contributed by atoms with Gasteiger partial charge in [-0.2, -0.15) is 0 Å². The summed E-state index contributed by atoms with van der Waals surface area (Å²) in [5.41, 5.74) is 3.13. The van der Waals surface area contributed by atoms with E-state index in [1.807, 2.05) is 61.7 Å². The number of nitrogens with zero attached hydrogens (tertiary/aromatic N) is 4. The molecule has 3 N–H and O–H groups in total. The number of aliphatic imine (C=N–C) groups is 1. The van der Waals surface area contributed by atoms with E-state index in [2.05, 4.69) is 45.7 Å². The summed E-state index contributed by atoms with van der Waals surface area (Å²) in [5, 5.41) is 22.8. The highest BCUT2D eigenvalue weighted by atomic mass is 16.5. The number of amidine groups is 1. The van der Waals surface area contributed by atoms with Crippen LogP contribution in [0.3, 0.4) is 0 Å². The summed E-state index contributed by atoms with van der Waals surface area (Å²) in [6.45, 7) is 10.1. The SMILES string of the molecule is CN=C(CC(=N)C(C)(C)C)NC(=O)NC1CCC(Oc2ccc3nnc(C(C)C)n3c2)c2ccccc21. The number of benzene rings is 1. The predicted molar refractivity (Wildman–Crippen MR) is 146 cm³/mol. The van der Waals surface area contributed by atoms with Crippen molar-refractivity contribution in [3.63, 3.8) is 0 Å². The fraction of sp³-hybridized carbons (Fsp3) is 0.464. The van der Waals surface area contributed by atoms with E-state index in [0.717, 1.165) is 41.2 Å². The normalized spacial score (nSPS) is 18.0. The third kappa shape index (κ3) is 5.98. The van der Waals surface area contributed by atoms with Gasteiger partial charge in [0.2, 0.25) is 0 Å². The number of pyridine rings is 1. The van der Waals surface area contributed by atoms with Gasteiger partial charge in [-0.3, -0.25) is 14.7 Å². The van der Waals surface area contributed by atoms with Crippen molar-refractivity contribution in [2.75, 3.05) is 7.05 Å². The lowest BCUT2D eigenvalue weighted by Crippen LogP contribution is -2.43. The molecule has 196 valence electrons. The molecular weight excluding hydrogens is 466 g/mol. The average molecular weight is 504 g/mol. The van der Waals surface area contributed by atoms with Gasteiger partial charge in [-0.15, -0.1) is 10.2 Å². The number of fused-ring (bicyclic) bond motifs is 2. The van der Waals surface area contributed by atoms with E-state index in [0.29, 0.717) is 18.0 Å². The smallest absolute Gasteiger partial charge is 0.320 e. The summed E-state index contributed by atoms with van der Waals surface area (Å²) < 4.78 is 8.44. The Labute approximate surface area is 218 Å². The van der Waals surface area contributed by atoms with Crippen molar-refractivity contribution in [2.45, 2.75) is 71.9 Å². The molecule has 3 aromatic rings. The Morgan fingerprint density at radius 1 is 1.16 bits per heavy atom. The number of ether oxygens (including phenoxy) is 1. The van der Waals surface area contributed by atoms with E-state index in [1.54, 1.807) is 7.05 Å². The zero-order valence-corrected chi connectivity index (χ0v) is 22.5. The Kier molecular flexibility index (Phi) is 7.61. The number of carbonyl (C=O) groups is 1. The van der Waals surface area contributed by atoms with Crippen LogP contribution in [0.15, 0.2) is 47.6 Å². The summed E-state index contributed by atoms with van der Waals surface area (Å²) in [4.78, 5) is 17.0. The van der Waals surface area contributed by atoms with Crippen molar-refractivity contribution in [1.29, 1.82) is 5.41 Å². The number of rotatable bonds is 6. The molecule has 2 unspecified atom stereocenters. The van der Waals surface area contributed by atoms with Gasteiger partial charge in [0.15, 0.2) is 5.65 Å². The first-order valence-corrected chi connectivity index (χ1v) is 12.8. The first-order valence-electron chi connectivity index (χ1n) is 12.8. The van der Waals surface area contributed by atoms with Crippen LogP contribution in [0.5, 0.6) is 5.75 Å². The second-order valence-corrected chi connectivity index (χ2v) is 10.8. The van der Waals surface area contributed by atoms with Crippen molar-refractivity contribution in [2.24, 2.45) is 10.4 Å². The first-order chi connectivity index (χ1) is 17.6. The molecule has 9 heteroatoms. The molecule has 0 saturated carbocycles. The van der Waals surface area contributed by atoms with Crippen LogP contribution in [0.1, 0.15) is 88.9 Å². The highest BCUT2D eigenvalue weighted by Gasteiger charge is 2.30. The van der Waals surface area contributed by atoms with E-state index in [1.165, 1.54) is 0 Å². The van der Waals surface area contributed by atoms with Crippen LogP contribution >= 0.6 is 0 Å². The van der Waals surface area contributed by atoms with Gasteiger partial charge < -0.3 is 15.5 Å². The monoisotopic (exact) mass is 503 g/mol. The Bertz CT molecular complexity index is 1320. The van der Waals surface area contributed by atoms with Gasteiger partial charge in [-0.1, -0.05) is 58.9 Å². The Morgan fingerprint density at radius 2 is 1.89 bits per heavy atom. The van der Waals surface area contributed by atoms with Crippen LogP contribution in [0.25, 0.3) is 5.65 Å². The second kappa shape index (κ2) is 10.7. The van der Waals surface area contributed by atoms with E-state index in [-0.39, 0.29) is 29.5 Å². The molecular formula is C28H37N7O2. The summed E-state index contributed by atoms with van der Waals surface area (Å²) in [7, 11) is 1.63. The van der Waals surface area contributed by atoms with Crippen LogP contribution in [-0.2, 0) is 0 Å². The van der Waals surface area contributed by atoms with Crippen molar-refractivity contribution >= 4 is 23.2 Å². The highest BCUT2D eigenvalue weighted by molar-refractivity contribution is 6.09. The molecule has 9 nitrogen and oxygen atoms in total. The van der Waals surface area contributed by atoms with Gasteiger partial charge in [-0.05, 0) is 41.5 Å². The first kappa shape index (κ1) is 26.3. The molecule has 37 heavy (non-hydrogen) atoms. The molecule has 0 radical (unpaired) electrons. The summed E-state index contributed by atoms with van der Waals surface area (Å²) >= 11 is 0. The molecule has 2 atom stereocenters. The minimum atomic E-state index is -0.319. The molecule has 0 saturated heterocycles. The minimum Gasteiger partial charge on any atom is -0.484 e. The number of nitrogens with one attached hydrogen (secondary N) is 3. The summed E-state index contributed by atoms with van der Waals surface area (Å²) in [5.74, 6) is 2.37. The Hall–Kier alpha value is -3.75. The third-order valence-corrected chi connectivity index (χ3v) is 6.71. The van der Waals surface area contributed by atoms with E-state index >= 15 is 0 Å². The number of urea groups is 1. The molecule has 0 bridgehead atoms. The van der Waals surface area contributed by atoms with E-state index < -0.39 is 0 Å². The molecule has 2 amide bonds. The number of carbonyl (C=O) groups excluding carboxylic acids is 1. The maximum absolute atomic E-state index is 12.9. The Morgan fingerprint density at radius 3 is 2.57 bits per heavy atom. The maximum Gasteiger partial charge on any atom is 0.320 e. The summed E-state index contributed by atoms with van der Waals surface area (Å²) in [6.07, 6.45) is 3.61. The number of amides is 2. The van der Waals surface area contributed by atoms with Crippen LogP contribution in [0, 0.1) is 10.8 Å². The maximum atomic E-state index is 12.9. The highest BCUT2D eigenvalue weighted by Crippen LogP contribution is 2.38. The number of aromatic nitrogens is 3. The number of hydrogen-bond acceptors (Lipinski definition) is 6. The average Bonchev–Trinajstić information content (AvgIpc) is 3.28. The molecule has 2 heterocycles. The topological polar surface area (TPSA) is 117 Å². The van der Waals surface area contributed by atoms with Crippen LogP contribution < -0.4 is 15.4 Å². The van der Waals surface area contributed by atoms with Crippen LogP contribution in [-0.4, -0.2) is 39.2 Å². The van der Waals surface area contributed by atoms with Gasteiger partial charge in [0.1, 0.15) is 23.5 Å². The van der Waals surface area contributed by atoms with Crippen molar-refractivity contribution in [3.8, 4) is 5.75 Å².